The molecule has 1 rings (SSSR count). The molecule has 0 spiro atoms. The van der Waals surface area contributed by atoms with E-state index < -0.39 is 0 Å². The molecule has 70 valence electrons. The highest BCUT2D eigenvalue weighted by Crippen LogP contribution is 2.14. The zero-order valence-corrected chi connectivity index (χ0v) is 8.07. The van der Waals surface area contributed by atoms with Crippen molar-refractivity contribution in [2.24, 2.45) is 0 Å². The van der Waals surface area contributed by atoms with E-state index in [4.69, 9.17) is 5.11 Å². The second-order valence-electron chi connectivity index (χ2n) is 3.07. The number of nitrogens with zero attached hydrogens (tertiary/aromatic N) is 1. The fourth-order valence-electron chi connectivity index (χ4n) is 1.10. The average Bonchev–Trinajstić information content (AvgIpc) is 2.15. The smallest absolute Gasteiger partial charge is 0.0615 e. The molecule has 0 saturated carbocycles. The van der Waals surface area contributed by atoms with Gasteiger partial charge in [0.25, 0.3) is 0 Å². The van der Waals surface area contributed by atoms with E-state index in [2.05, 4.69) is 17.0 Å². The highest BCUT2D eigenvalue weighted by Gasteiger charge is 1.93. The van der Waals surface area contributed by atoms with Crippen molar-refractivity contribution in [2.45, 2.75) is 0 Å². The quantitative estimate of drug-likeness (QED) is 0.760. The summed E-state index contributed by atoms with van der Waals surface area (Å²) >= 11 is 0. The van der Waals surface area contributed by atoms with E-state index in [-0.39, 0.29) is 6.61 Å². The van der Waals surface area contributed by atoms with Crippen LogP contribution in [-0.4, -0.2) is 25.8 Å². The summed E-state index contributed by atoms with van der Waals surface area (Å²) in [6, 6.07) is 8.15. The van der Waals surface area contributed by atoms with Crippen LogP contribution in [0.4, 0.5) is 5.69 Å². The topological polar surface area (TPSA) is 23.5 Å². The summed E-state index contributed by atoms with van der Waals surface area (Å²) < 4.78 is 0. The fourth-order valence-corrected chi connectivity index (χ4v) is 1.10. The molecule has 0 saturated heterocycles. The van der Waals surface area contributed by atoms with E-state index >= 15 is 0 Å². The Hall–Kier alpha value is -1.28. The van der Waals surface area contributed by atoms with Crippen LogP contribution in [0.15, 0.2) is 30.3 Å². The van der Waals surface area contributed by atoms with Gasteiger partial charge in [-0.2, -0.15) is 0 Å². The maximum atomic E-state index is 8.61. The summed E-state index contributed by atoms with van der Waals surface area (Å²) in [6.45, 7) is 0.0895. The first kappa shape index (κ1) is 9.81. The Morgan fingerprint density at radius 3 is 2.77 bits per heavy atom. The summed E-state index contributed by atoms with van der Waals surface area (Å²) in [5.41, 5.74) is 2.28. The van der Waals surface area contributed by atoms with Gasteiger partial charge < -0.3 is 10.0 Å². The summed E-state index contributed by atoms with van der Waals surface area (Å²) in [5, 5.41) is 8.61. The van der Waals surface area contributed by atoms with Gasteiger partial charge in [-0.05, 0) is 17.7 Å². The van der Waals surface area contributed by atoms with E-state index in [0.717, 1.165) is 5.56 Å². The zero-order chi connectivity index (χ0) is 9.68. The molecule has 0 aliphatic heterocycles. The highest BCUT2D eigenvalue weighted by atomic mass is 16.2. The first-order chi connectivity index (χ1) is 6.24. The van der Waals surface area contributed by atoms with Crippen molar-refractivity contribution < 1.29 is 5.11 Å². The predicted molar refractivity (Wildman–Crippen MR) is 56.9 cm³/mol. The Labute approximate surface area is 79.1 Å². The van der Waals surface area contributed by atoms with E-state index in [1.54, 1.807) is 6.08 Å². The van der Waals surface area contributed by atoms with Crippen molar-refractivity contribution in [2.75, 3.05) is 25.6 Å². The summed E-state index contributed by atoms with van der Waals surface area (Å²) in [5.74, 6) is 0. The van der Waals surface area contributed by atoms with Gasteiger partial charge in [0, 0.05) is 19.8 Å². The number of benzene rings is 1. The SMILES string of the molecule is CN(C)c1cccc(C=CCO)c1. The van der Waals surface area contributed by atoms with Crippen LogP contribution in [0.3, 0.4) is 0 Å². The largest absolute Gasteiger partial charge is 0.392 e. The Kier molecular flexibility index (Phi) is 3.53. The van der Waals surface area contributed by atoms with Crippen LogP contribution in [0.25, 0.3) is 6.08 Å². The lowest BCUT2D eigenvalue weighted by atomic mass is 10.2. The molecule has 0 aliphatic rings. The number of anilines is 1. The van der Waals surface area contributed by atoms with Gasteiger partial charge in [0.15, 0.2) is 0 Å². The molecule has 1 aromatic carbocycles. The number of hydrogen-bond donors (Lipinski definition) is 1. The molecule has 0 bridgehead atoms. The maximum absolute atomic E-state index is 8.61. The van der Waals surface area contributed by atoms with Gasteiger partial charge in [0.1, 0.15) is 0 Å². The number of aliphatic hydroxyl groups is 1. The lowest BCUT2D eigenvalue weighted by molar-refractivity contribution is 0.343. The predicted octanol–water partition coefficient (Wildman–Crippen LogP) is 1.76. The molecule has 1 aromatic rings. The van der Waals surface area contributed by atoms with Gasteiger partial charge in [-0.15, -0.1) is 0 Å². The molecule has 0 fully saturated rings. The minimum Gasteiger partial charge on any atom is -0.392 e. The molecule has 0 aromatic heterocycles. The van der Waals surface area contributed by atoms with Crippen LogP contribution in [0.2, 0.25) is 0 Å². The molecule has 2 nitrogen and oxygen atoms in total. The molecule has 0 aliphatic carbocycles. The normalized spacial score (nSPS) is 10.7. The first-order valence-electron chi connectivity index (χ1n) is 4.29. The van der Waals surface area contributed by atoms with E-state index in [9.17, 15) is 0 Å². The lowest BCUT2D eigenvalue weighted by Crippen LogP contribution is -2.08. The Bertz CT molecular complexity index is 292. The second kappa shape index (κ2) is 4.67. The van der Waals surface area contributed by atoms with Gasteiger partial charge in [0.05, 0.1) is 6.61 Å². The van der Waals surface area contributed by atoms with Gasteiger partial charge >= 0.3 is 0 Å². The van der Waals surface area contributed by atoms with Crippen molar-refractivity contribution in [3.05, 3.63) is 35.9 Å². The van der Waals surface area contributed by atoms with Crippen LogP contribution in [0, 0.1) is 0 Å². The molecular weight excluding hydrogens is 162 g/mol. The Morgan fingerprint density at radius 1 is 1.38 bits per heavy atom. The van der Waals surface area contributed by atoms with Crippen molar-refractivity contribution in [1.29, 1.82) is 0 Å². The number of rotatable bonds is 3. The molecule has 0 unspecified atom stereocenters. The van der Waals surface area contributed by atoms with Crippen LogP contribution in [0.5, 0.6) is 0 Å². The summed E-state index contributed by atoms with van der Waals surface area (Å²) in [6.07, 6.45) is 3.64. The van der Waals surface area contributed by atoms with Crippen molar-refractivity contribution in [3.63, 3.8) is 0 Å². The lowest BCUT2D eigenvalue weighted by Gasteiger charge is -2.12. The van der Waals surface area contributed by atoms with Crippen molar-refractivity contribution in [1.82, 2.24) is 0 Å². The zero-order valence-electron chi connectivity index (χ0n) is 8.07. The first-order valence-corrected chi connectivity index (χ1v) is 4.29. The highest BCUT2D eigenvalue weighted by molar-refractivity contribution is 5.57. The van der Waals surface area contributed by atoms with E-state index in [1.807, 2.05) is 32.3 Å². The molecule has 0 atom stereocenters. The molecule has 1 N–H and O–H groups in total. The third-order valence-electron chi connectivity index (χ3n) is 1.80. The van der Waals surface area contributed by atoms with Crippen LogP contribution in [-0.2, 0) is 0 Å². The molecule has 13 heavy (non-hydrogen) atoms. The molecular formula is C11H15NO. The standard InChI is InChI=1S/C11H15NO/c1-12(2)11-7-3-5-10(9-11)6-4-8-13/h3-7,9,13H,8H2,1-2H3. The van der Waals surface area contributed by atoms with Crippen molar-refractivity contribution in [3.8, 4) is 0 Å². The van der Waals surface area contributed by atoms with E-state index in [1.165, 1.54) is 5.69 Å². The molecule has 0 amide bonds. The minimum atomic E-state index is 0.0895. The van der Waals surface area contributed by atoms with Crippen LogP contribution >= 0.6 is 0 Å². The second-order valence-corrected chi connectivity index (χ2v) is 3.07. The molecule has 0 heterocycles. The summed E-state index contributed by atoms with van der Waals surface area (Å²) in [4.78, 5) is 2.05. The Balaban J connectivity index is 2.85. The number of aliphatic hydroxyl groups excluding tert-OH is 1. The van der Waals surface area contributed by atoms with Gasteiger partial charge in [0.2, 0.25) is 0 Å². The maximum Gasteiger partial charge on any atom is 0.0615 e. The number of hydrogen-bond acceptors (Lipinski definition) is 2. The molecule has 0 radical (unpaired) electrons. The van der Waals surface area contributed by atoms with Crippen molar-refractivity contribution >= 4 is 11.8 Å². The minimum absolute atomic E-state index is 0.0895. The van der Waals surface area contributed by atoms with E-state index in [0.29, 0.717) is 0 Å². The molecule has 2 heteroatoms. The third-order valence-corrected chi connectivity index (χ3v) is 1.80. The monoisotopic (exact) mass is 177 g/mol. The fraction of sp³-hybridized carbons (Fsp3) is 0.273. The Morgan fingerprint density at radius 2 is 2.15 bits per heavy atom. The third kappa shape index (κ3) is 2.92. The van der Waals surface area contributed by atoms with Gasteiger partial charge in [-0.1, -0.05) is 24.3 Å². The summed E-state index contributed by atoms with van der Waals surface area (Å²) in [7, 11) is 4.02. The average molecular weight is 177 g/mol. The van der Waals surface area contributed by atoms with Gasteiger partial charge in [-0.25, -0.2) is 0 Å². The van der Waals surface area contributed by atoms with Gasteiger partial charge in [-0.3, -0.25) is 0 Å². The van der Waals surface area contributed by atoms with Crippen LogP contribution in [0.1, 0.15) is 5.56 Å². The van der Waals surface area contributed by atoms with Crippen LogP contribution < -0.4 is 4.90 Å².